The van der Waals surface area contributed by atoms with Gasteiger partial charge in [0.15, 0.2) is 0 Å². The molecular formula is C9H12O3S3. The van der Waals surface area contributed by atoms with E-state index in [2.05, 4.69) is 37.9 Å². The predicted molar refractivity (Wildman–Crippen MR) is 69.9 cm³/mol. The lowest BCUT2D eigenvalue weighted by atomic mass is 10.3. The van der Waals surface area contributed by atoms with Crippen LogP contribution in [0.15, 0.2) is 18.2 Å². The number of ether oxygens (including phenoxy) is 3. The Morgan fingerprint density at radius 3 is 1.13 bits per heavy atom. The lowest BCUT2D eigenvalue weighted by Crippen LogP contribution is -1.96. The first-order valence-electron chi connectivity index (χ1n) is 4.16. The van der Waals surface area contributed by atoms with Crippen LogP contribution < -0.4 is 14.2 Å². The molecule has 0 aliphatic rings. The molecule has 0 amide bonds. The van der Waals surface area contributed by atoms with Crippen LogP contribution in [0.5, 0.6) is 17.2 Å². The molecule has 0 N–H and O–H groups in total. The van der Waals surface area contributed by atoms with Crippen LogP contribution in [0.3, 0.4) is 0 Å². The Morgan fingerprint density at radius 2 is 0.933 bits per heavy atom. The third kappa shape index (κ3) is 4.36. The van der Waals surface area contributed by atoms with Gasteiger partial charge in [0.1, 0.15) is 35.1 Å². The molecule has 0 unspecified atom stereocenters. The van der Waals surface area contributed by atoms with Gasteiger partial charge in [-0.3, -0.25) is 0 Å². The number of hydrogen-bond acceptors (Lipinski definition) is 6. The summed E-state index contributed by atoms with van der Waals surface area (Å²) in [6, 6.07) is 5.24. The summed E-state index contributed by atoms with van der Waals surface area (Å²) in [6.07, 6.45) is 0. The lowest BCUT2D eigenvalue weighted by molar-refractivity contribution is 0.357. The van der Waals surface area contributed by atoms with Crippen LogP contribution >= 0.6 is 37.9 Å². The first-order valence-corrected chi connectivity index (χ1v) is 6.06. The molecule has 6 heteroatoms. The molecule has 0 saturated heterocycles. The second-order valence-corrected chi connectivity index (χ2v) is 3.24. The first kappa shape index (κ1) is 12.7. The van der Waals surface area contributed by atoms with Gasteiger partial charge in [0.05, 0.1) is 0 Å². The van der Waals surface area contributed by atoms with E-state index in [1.807, 2.05) is 0 Å². The van der Waals surface area contributed by atoms with E-state index in [-0.39, 0.29) is 0 Å². The van der Waals surface area contributed by atoms with E-state index in [1.54, 1.807) is 18.2 Å². The lowest BCUT2D eigenvalue weighted by Gasteiger charge is -2.10. The van der Waals surface area contributed by atoms with Crippen molar-refractivity contribution < 1.29 is 14.2 Å². The average molecular weight is 264 g/mol. The second kappa shape index (κ2) is 7.03. The highest BCUT2D eigenvalue weighted by molar-refractivity contribution is 7.80. The van der Waals surface area contributed by atoms with E-state index in [0.29, 0.717) is 35.1 Å². The Kier molecular flexibility index (Phi) is 5.97. The fourth-order valence-electron chi connectivity index (χ4n) is 1.02. The normalized spacial score (nSPS) is 9.80. The molecule has 1 aromatic carbocycles. The van der Waals surface area contributed by atoms with Gasteiger partial charge in [-0.2, -0.15) is 0 Å². The van der Waals surface area contributed by atoms with E-state index in [4.69, 9.17) is 14.2 Å². The molecule has 1 rings (SSSR count). The molecule has 3 nitrogen and oxygen atoms in total. The van der Waals surface area contributed by atoms with E-state index < -0.39 is 0 Å². The molecule has 0 aliphatic carbocycles. The van der Waals surface area contributed by atoms with Crippen molar-refractivity contribution in [1.29, 1.82) is 0 Å². The van der Waals surface area contributed by atoms with E-state index in [9.17, 15) is 0 Å². The van der Waals surface area contributed by atoms with Gasteiger partial charge >= 0.3 is 0 Å². The topological polar surface area (TPSA) is 27.7 Å². The van der Waals surface area contributed by atoms with Crippen molar-refractivity contribution >= 4 is 37.9 Å². The standard InChI is InChI=1S/C9H12O3S3/c13-4-10-7-1-8(11-5-14)3-9(2-7)12-6-15/h1-3,13-15H,4-6H2. The SMILES string of the molecule is SCOc1cc(OCS)cc(OCS)c1. The van der Waals surface area contributed by atoms with Gasteiger partial charge in [0, 0.05) is 18.2 Å². The fourth-order valence-corrected chi connectivity index (χ4v) is 1.47. The van der Waals surface area contributed by atoms with Crippen molar-refractivity contribution in [2.45, 2.75) is 0 Å². The highest BCUT2D eigenvalue weighted by Gasteiger charge is 2.03. The monoisotopic (exact) mass is 264 g/mol. The van der Waals surface area contributed by atoms with Crippen molar-refractivity contribution in [3.63, 3.8) is 0 Å². The Morgan fingerprint density at radius 1 is 0.667 bits per heavy atom. The second-order valence-electron chi connectivity index (χ2n) is 2.46. The van der Waals surface area contributed by atoms with E-state index >= 15 is 0 Å². The van der Waals surface area contributed by atoms with Crippen LogP contribution in [0, 0.1) is 0 Å². The highest BCUT2D eigenvalue weighted by atomic mass is 32.1. The van der Waals surface area contributed by atoms with Crippen LogP contribution in [0.1, 0.15) is 0 Å². The maximum absolute atomic E-state index is 5.23. The van der Waals surface area contributed by atoms with Crippen LogP contribution in [0.25, 0.3) is 0 Å². The molecule has 0 aromatic heterocycles. The van der Waals surface area contributed by atoms with Crippen LogP contribution in [0.4, 0.5) is 0 Å². The van der Waals surface area contributed by atoms with Gasteiger partial charge in [0.25, 0.3) is 0 Å². The number of rotatable bonds is 6. The van der Waals surface area contributed by atoms with Crippen molar-refractivity contribution in [2.24, 2.45) is 0 Å². The minimum atomic E-state index is 0.296. The minimum Gasteiger partial charge on any atom is -0.483 e. The number of hydrogen-bond donors (Lipinski definition) is 3. The molecule has 0 aliphatic heterocycles. The van der Waals surface area contributed by atoms with Crippen molar-refractivity contribution in [1.82, 2.24) is 0 Å². The van der Waals surface area contributed by atoms with Gasteiger partial charge in [0.2, 0.25) is 0 Å². The summed E-state index contributed by atoms with van der Waals surface area (Å²) in [5, 5.41) is 0. The maximum atomic E-state index is 5.23. The molecular weight excluding hydrogens is 252 g/mol. The van der Waals surface area contributed by atoms with Gasteiger partial charge < -0.3 is 14.2 Å². The average Bonchev–Trinajstić information content (AvgIpc) is 2.19. The zero-order valence-corrected chi connectivity index (χ0v) is 10.6. The molecule has 84 valence electrons. The first-order chi connectivity index (χ1) is 7.30. The van der Waals surface area contributed by atoms with Crippen molar-refractivity contribution in [2.75, 3.05) is 17.8 Å². The molecule has 0 saturated carbocycles. The number of thiol groups is 3. The predicted octanol–water partition coefficient (Wildman–Crippen LogP) is 2.48. The zero-order chi connectivity index (χ0) is 11.1. The van der Waals surface area contributed by atoms with Crippen molar-refractivity contribution in [3.8, 4) is 17.2 Å². The summed E-state index contributed by atoms with van der Waals surface area (Å²) in [7, 11) is 0. The van der Waals surface area contributed by atoms with E-state index in [1.165, 1.54) is 0 Å². The molecule has 0 spiro atoms. The highest BCUT2D eigenvalue weighted by Crippen LogP contribution is 2.28. The summed E-state index contributed by atoms with van der Waals surface area (Å²) >= 11 is 11.9. The summed E-state index contributed by atoms with van der Waals surface area (Å²) in [5.41, 5.74) is 0. The quantitative estimate of drug-likeness (QED) is 0.544. The smallest absolute Gasteiger partial charge is 0.131 e. The summed E-state index contributed by atoms with van der Waals surface area (Å²) in [5.74, 6) is 2.81. The summed E-state index contributed by atoms with van der Waals surface area (Å²) in [4.78, 5) is 0. The maximum Gasteiger partial charge on any atom is 0.131 e. The molecule has 0 heterocycles. The van der Waals surface area contributed by atoms with Gasteiger partial charge in [-0.1, -0.05) is 0 Å². The number of benzene rings is 1. The van der Waals surface area contributed by atoms with Crippen LogP contribution in [0.2, 0.25) is 0 Å². The molecule has 0 bridgehead atoms. The van der Waals surface area contributed by atoms with Gasteiger partial charge in [-0.05, 0) is 0 Å². The molecule has 15 heavy (non-hydrogen) atoms. The van der Waals surface area contributed by atoms with Gasteiger partial charge in [-0.15, -0.1) is 37.9 Å². The van der Waals surface area contributed by atoms with E-state index in [0.717, 1.165) is 0 Å². The Labute approximate surface area is 105 Å². The molecule has 0 fully saturated rings. The Bertz CT molecular complexity index is 247. The van der Waals surface area contributed by atoms with Crippen LogP contribution in [-0.4, -0.2) is 17.8 Å². The Balaban J connectivity index is 2.86. The minimum absolute atomic E-state index is 0.296. The zero-order valence-electron chi connectivity index (χ0n) is 7.92. The van der Waals surface area contributed by atoms with Crippen molar-refractivity contribution in [3.05, 3.63) is 18.2 Å². The summed E-state index contributed by atoms with van der Waals surface area (Å²) in [6.45, 7) is 0. The third-order valence-corrected chi connectivity index (χ3v) is 1.93. The fraction of sp³-hybridized carbons (Fsp3) is 0.333. The summed E-state index contributed by atoms with van der Waals surface area (Å²) < 4.78 is 15.7. The molecule has 0 atom stereocenters. The Hall–Kier alpha value is -0.330. The van der Waals surface area contributed by atoms with Crippen LogP contribution in [-0.2, 0) is 0 Å². The largest absolute Gasteiger partial charge is 0.483 e. The molecule has 0 radical (unpaired) electrons. The molecule has 1 aromatic rings. The van der Waals surface area contributed by atoms with Gasteiger partial charge in [-0.25, -0.2) is 0 Å². The third-order valence-electron chi connectivity index (χ3n) is 1.55.